The minimum absolute atomic E-state index is 0.116. The highest BCUT2D eigenvalue weighted by Gasteiger charge is 2.21. The smallest absolute Gasteiger partial charge is 0.236 e. The summed E-state index contributed by atoms with van der Waals surface area (Å²) in [7, 11) is 3.52. The van der Waals surface area contributed by atoms with Crippen LogP contribution in [0.15, 0.2) is 60.7 Å². The molecular formula is C25H28FN3O2. The van der Waals surface area contributed by atoms with Crippen molar-refractivity contribution in [3.05, 3.63) is 72.0 Å². The van der Waals surface area contributed by atoms with Gasteiger partial charge in [0.2, 0.25) is 5.91 Å². The van der Waals surface area contributed by atoms with E-state index in [1.807, 2.05) is 37.4 Å². The number of nitrogens with zero attached hydrogens (tertiary/aromatic N) is 3. The number of carbonyl (C=O) groups is 1. The molecule has 5 nitrogen and oxygen atoms in total. The Hall–Kier alpha value is -3.12. The number of rotatable bonds is 6. The third-order valence-corrected chi connectivity index (χ3v) is 5.88. The topological polar surface area (TPSA) is 36.0 Å². The average molecular weight is 422 g/mol. The summed E-state index contributed by atoms with van der Waals surface area (Å²) in [6.45, 7) is 4.28. The number of piperazine rings is 1. The number of ether oxygens (including phenoxy) is 1. The van der Waals surface area contributed by atoms with Crippen LogP contribution in [0.4, 0.5) is 10.1 Å². The molecule has 0 radical (unpaired) electrons. The van der Waals surface area contributed by atoms with Gasteiger partial charge in [-0.3, -0.25) is 9.69 Å². The van der Waals surface area contributed by atoms with Crippen LogP contribution in [0.25, 0.3) is 10.8 Å². The number of benzene rings is 3. The van der Waals surface area contributed by atoms with E-state index in [4.69, 9.17) is 4.74 Å². The minimum Gasteiger partial charge on any atom is -0.497 e. The van der Waals surface area contributed by atoms with Crippen molar-refractivity contribution in [3.63, 3.8) is 0 Å². The van der Waals surface area contributed by atoms with Crippen LogP contribution in [0, 0.1) is 5.82 Å². The van der Waals surface area contributed by atoms with Crippen molar-refractivity contribution in [1.29, 1.82) is 0 Å². The van der Waals surface area contributed by atoms with E-state index in [1.165, 1.54) is 12.1 Å². The summed E-state index contributed by atoms with van der Waals surface area (Å²) in [6, 6.07) is 18.9. The summed E-state index contributed by atoms with van der Waals surface area (Å²) in [5, 5.41) is 2.26. The Balaban J connectivity index is 1.30. The molecule has 0 atom stereocenters. The first-order chi connectivity index (χ1) is 15.0. The molecule has 6 heteroatoms. The zero-order chi connectivity index (χ0) is 21.8. The van der Waals surface area contributed by atoms with Crippen molar-refractivity contribution < 1.29 is 13.9 Å². The quantitative estimate of drug-likeness (QED) is 0.607. The van der Waals surface area contributed by atoms with Gasteiger partial charge in [0.25, 0.3) is 0 Å². The van der Waals surface area contributed by atoms with Gasteiger partial charge in [-0.05, 0) is 58.8 Å². The first-order valence-electron chi connectivity index (χ1n) is 10.6. The Kier molecular flexibility index (Phi) is 6.37. The summed E-state index contributed by atoms with van der Waals surface area (Å²) < 4.78 is 18.4. The van der Waals surface area contributed by atoms with Gasteiger partial charge in [-0.1, -0.05) is 18.2 Å². The number of halogens is 1. The number of methoxy groups -OCH3 is 1. The van der Waals surface area contributed by atoms with E-state index < -0.39 is 0 Å². The van der Waals surface area contributed by atoms with E-state index in [2.05, 4.69) is 28.0 Å². The highest BCUT2D eigenvalue weighted by molar-refractivity contribution is 5.84. The molecule has 0 N–H and O–H groups in total. The highest BCUT2D eigenvalue weighted by Crippen LogP contribution is 2.22. The Bertz CT molecular complexity index is 1050. The second kappa shape index (κ2) is 9.35. The monoisotopic (exact) mass is 421 g/mol. The number of carbonyl (C=O) groups excluding carboxylic acids is 1. The number of fused-ring (bicyclic) bond motifs is 1. The van der Waals surface area contributed by atoms with Crippen molar-refractivity contribution in [3.8, 4) is 5.75 Å². The van der Waals surface area contributed by atoms with Crippen LogP contribution in [0.5, 0.6) is 5.75 Å². The zero-order valence-corrected chi connectivity index (χ0v) is 18.1. The van der Waals surface area contributed by atoms with Gasteiger partial charge in [0, 0.05) is 45.5 Å². The van der Waals surface area contributed by atoms with Gasteiger partial charge in [-0.25, -0.2) is 4.39 Å². The molecule has 3 aromatic carbocycles. The minimum atomic E-state index is -0.220. The molecule has 0 aromatic heterocycles. The van der Waals surface area contributed by atoms with Gasteiger partial charge in [0.1, 0.15) is 11.6 Å². The number of likely N-dealkylation sites (N-methyl/N-ethyl adjacent to an activating group) is 1. The largest absolute Gasteiger partial charge is 0.497 e. The first-order valence-corrected chi connectivity index (χ1v) is 10.6. The van der Waals surface area contributed by atoms with Crippen molar-refractivity contribution in [2.45, 2.75) is 6.54 Å². The fraction of sp³-hybridized carbons (Fsp3) is 0.320. The lowest BCUT2D eigenvalue weighted by atomic mass is 10.1. The number of amides is 1. The summed E-state index contributed by atoms with van der Waals surface area (Å²) in [5.74, 6) is 0.735. The number of hydrogen-bond acceptors (Lipinski definition) is 4. The fourth-order valence-electron chi connectivity index (χ4n) is 3.99. The van der Waals surface area contributed by atoms with Gasteiger partial charge in [-0.15, -0.1) is 0 Å². The maximum Gasteiger partial charge on any atom is 0.236 e. The molecule has 1 saturated heterocycles. The summed E-state index contributed by atoms with van der Waals surface area (Å²) in [5.41, 5.74) is 2.13. The maximum absolute atomic E-state index is 13.1. The van der Waals surface area contributed by atoms with E-state index in [0.717, 1.165) is 54.0 Å². The molecule has 1 aliphatic heterocycles. The highest BCUT2D eigenvalue weighted by atomic mass is 19.1. The van der Waals surface area contributed by atoms with Crippen molar-refractivity contribution in [2.24, 2.45) is 0 Å². The molecule has 0 aliphatic carbocycles. The molecular weight excluding hydrogens is 393 g/mol. The Morgan fingerprint density at radius 1 is 0.968 bits per heavy atom. The van der Waals surface area contributed by atoms with Crippen LogP contribution in [0.3, 0.4) is 0 Å². The van der Waals surface area contributed by atoms with Crippen LogP contribution >= 0.6 is 0 Å². The molecule has 3 aromatic rings. The second-order valence-corrected chi connectivity index (χ2v) is 8.04. The molecule has 0 bridgehead atoms. The van der Waals surface area contributed by atoms with Crippen molar-refractivity contribution in [2.75, 3.05) is 51.8 Å². The Morgan fingerprint density at radius 3 is 2.35 bits per heavy atom. The normalized spacial score (nSPS) is 14.6. The van der Waals surface area contributed by atoms with E-state index in [1.54, 1.807) is 12.0 Å². The van der Waals surface area contributed by atoms with Crippen LogP contribution in [0.1, 0.15) is 5.56 Å². The lowest BCUT2D eigenvalue weighted by Crippen LogP contribution is -2.49. The summed E-state index contributed by atoms with van der Waals surface area (Å²) in [4.78, 5) is 19.0. The van der Waals surface area contributed by atoms with E-state index >= 15 is 0 Å². The van der Waals surface area contributed by atoms with Crippen LogP contribution < -0.4 is 9.64 Å². The Morgan fingerprint density at radius 2 is 1.65 bits per heavy atom. The molecule has 1 fully saturated rings. The predicted molar refractivity (Wildman–Crippen MR) is 122 cm³/mol. The zero-order valence-electron chi connectivity index (χ0n) is 18.1. The standard InChI is InChI=1S/C25H28FN3O2/c1-27(17-19-3-4-21-16-24(31-2)10-5-20(21)15-19)25(30)18-28-11-13-29(14-12-28)23-8-6-22(26)7-9-23/h3-10,15-16H,11-14,17-18H2,1-2H3. The van der Waals surface area contributed by atoms with E-state index in [-0.39, 0.29) is 11.7 Å². The fourth-order valence-corrected chi connectivity index (χ4v) is 3.99. The van der Waals surface area contributed by atoms with Gasteiger partial charge < -0.3 is 14.5 Å². The van der Waals surface area contributed by atoms with Crippen LogP contribution in [0.2, 0.25) is 0 Å². The van der Waals surface area contributed by atoms with E-state index in [0.29, 0.717) is 13.1 Å². The van der Waals surface area contributed by atoms with E-state index in [9.17, 15) is 9.18 Å². The SMILES string of the molecule is COc1ccc2cc(CN(C)C(=O)CN3CCN(c4ccc(F)cc4)CC3)ccc2c1. The number of anilines is 1. The molecule has 1 heterocycles. The predicted octanol–water partition coefficient (Wildman–Crippen LogP) is 3.77. The summed E-state index contributed by atoms with van der Waals surface area (Å²) in [6.07, 6.45) is 0. The average Bonchev–Trinajstić information content (AvgIpc) is 2.79. The molecule has 1 amide bonds. The molecule has 0 spiro atoms. The van der Waals surface area contributed by atoms with Gasteiger partial charge in [0.05, 0.1) is 13.7 Å². The lowest BCUT2D eigenvalue weighted by molar-refractivity contribution is -0.131. The molecule has 0 unspecified atom stereocenters. The van der Waals surface area contributed by atoms with Crippen molar-refractivity contribution in [1.82, 2.24) is 9.80 Å². The molecule has 162 valence electrons. The Labute approximate surface area is 182 Å². The van der Waals surface area contributed by atoms with Crippen molar-refractivity contribution >= 4 is 22.4 Å². The van der Waals surface area contributed by atoms with Gasteiger partial charge in [-0.2, -0.15) is 0 Å². The second-order valence-electron chi connectivity index (χ2n) is 8.04. The number of hydrogen-bond donors (Lipinski definition) is 0. The molecule has 1 aliphatic rings. The molecule has 0 saturated carbocycles. The molecule has 4 rings (SSSR count). The first kappa shape index (κ1) is 21.1. The van der Waals surface area contributed by atoms with Gasteiger partial charge >= 0.3 is 0 Å². The summed E-state index contributed by atoms with van der Waals surface area (Å²) >= 11 is 0. The molecule has 31 heavy (non-hydrogen) atoms. The third kappa shape index (κ3) is 5.14. The third-order valence-electron chi connectivity index (χ3n) is 5.88. The van der Waals surface area contributed by atoms with Crippen LogP contribution in [-0.2, 0) is 11.3 Å². The lowest BCUT2D eigenvalue weighted by Gasteiger charge is -2.36. The van der Waals surface area contributed by atoms with Crippen LogP contribution in [-0.4, -0.2) is 62.6 Å². The maximum atomic E-state index is 13.1. The van der Waals surface area contributed by atoms with Gasteiger partial charge in [0.15, 0.2) is 0 Å².